The number of anilines is 1. The Balaban J connectivity index is 1.72. The van der Waals surface area contributed by atoms with Crippen LogP contribution in [0.5, 0.6) is 0 Å². The van der Waals surface area contributed by atoms with E-state index >= 15 is 0 Å². The fraction of sp³-hybridized carbons (Fsp3) is 0.227. The van der Waals surface area contributed by atoms with Crippen molar-refractivity contribution in [1.82, 2.24) is 9.55 Å². The van der Waals surface area contributed by atoms with E-state index in [0.717, 1.165) is 10.8 Å². The second-order valence-corrected chi connectivity index (χ2v) is 7.99. The molecule has 3 rings (SSSR count). The number of nitrogens with one attached hydrogen (secondary N) is 1. The summed E-state index contributed by atoms with van der Waals surface area (Å²) in [5, 5.41) is 3.32. The Hall–Kier alpha value is -2.86. The summed E-state index contributed by atoms with van der Waals surface area (Å²) in [7, 11) is 0. The van der Waals surface area contributed by atoms with E-state index in [1.807, 2.05) is 23.8 Å². The van der Waals surface area contributed by atoms with Gasteiger partial charge in [-0.1, -0.05) is 23.9 Å². The molecular weight excluding hydrogens is 370 g/mol. The SMILES string of the molecule is CC(=O)c1ccc(NC(=O)C(C)Sc2nccn2-c2cccc(C)c2C)cc1. The van der Waals surface area contributed by atoms with E-state index in [-0.39, 0.29) is 16.9 Å². The lowest BCUT2D eigenvalue weighted by molar-refractivity contribution is -0.115. The van der Waals surface area contributed by atoms with E-state index in [1.165, 1.54) is 29.8 Å². The number of Topliss-reactive ketones (excluding diaryl/α,β-unsaturated/α-hetero) is 1. The van der Waals surface area contributed by atoms with Gasteiger partial charge < -0.3 is 5.32 Å². The molecule has 1 heterocycles. The molecule has 1 unspecified atom stereocenters. The van der Waals surface area contributed by atoms with Crippen molar-refractivity contribution < 1.29 is 9.59 Å². The highest BCUT2D eigenvalue weighted by molar-refractivity contribution is 8.00. The number of amides is 1. The zero-order valence-electron chi connectivity index (χ0n) is 16.4. The van der Waals surface area contributed by atoms with Gasteiger partial charge in [0.2, 0.25) is 5.91 Å². The molecule has 1 aromatic heterocycles. The second-order valence-electron chi connectivity index (χ2n) is 6.68. The van der Waals surface area contributed by atoms with Crippen molar-refractivity contribution in [3.8, 4) is 5.69 Å². The molecule has 0 bridgehead atoms. The molecule has 0 saturated heterocycles. The summed E-state index contributed by atoms with van der Waals surface area (Å²) in [6.45, 7) is 7.53. The summed E-state index contributed by atoms with van der Waals surface area (Å²) in [6.07, 6.45) is 3.66. The van der Waals surface area contributed by atoms with Crippen LogP contribution in [0, 0.1) is 13.8 Å². The molecule has 1 N–H and O–H groups in total. The lowest BCUT2D eigenvalue weighted by Crippen LogP contribution is -2.22. The molecule has 28 heavy (non-hydrogen) atoms. The van der Waals surface area contributed by atoms with Crippen LogP contribution in [0.4, 0.5) is 5.69 Å². The number of carbonyl (C=O) groups is 2. The molecule has 5 nitrogen and oxygen atoms in total. The second kappa shape index (κ2) is 8.44. The summed E-state index contributed by atoms with van der Waals surface area (Å²) in [5.74, 6) is -0.115. The quantitative estimate of drug-likeness (QED) is 0.482. The third-order valence-electron chi connectivity index (χ3n) is 4.65. The minimum absolute atomic E-state index is 0.0000728. The average molecular weight is 394 g/mol. The van der Waals surface area contributed by atoms with Gasteiger partial charge in [0.15, 0.2) is 10.9 Å². The van der Waals surface area contributed by atoms with Crippen molar-refractivity contribution in [2.75, 3.05) is 5.32 Å². The Labute approximate surface area is 169 Å². The zero-order chi connectivity index (χ0) is 20.3. The maximum absolute atomic E-state index is 12.6. The number of ketones is 1. The molecule has 0 radical (unpaired) electrons. The van der Waals surface area contributed by atoms with Gasteiger partial charge in [0.05, 0.1) is 10.9 Å². The Kier molecular flexibility index (Phi) is 5.99. The summed E-state index contributed by atoms with van der Waals surface area (Å²) in [4.78, 5) is 28.4. The van der Waals surface area contributed by atoms with E-state index < -0.39 is 0 Å². The van der Waals surface area contributed by atoms with Crippen molar-refractivity contribution in [2.24, 2.45) is 0 Å². The number of imidazole rings is 1. The molecule has 2 aromatic carbocycles. The summed E-state index contributed by atoms with van der Waals surface area (Å²) in [6, 6.07) is 13.1. The first kappa shape index (κ1) is 19.9. The van der Waals surface area contributed by atoms with Gasteiger partial charge in [-0.3, -0.25) is 14.2 Å². The standard InChI is InChI=1S/C22H23N3O2S/c1-14-6-5-7-20(15(14)2)25-13-12-23-22(25)28-17(4)21(27)24-19-10-8-18(9-11-19)16(3)26/h5-13,17H,1-4H3,(H,24,27). The minimum atomic E-state index is -0.334. The highest BCUT2D eigenvalue weighted by Gasteiger charge is 2.18. The third-order valence-corrected chi connectivity index (χ3v) is 5.73. The Morgan fingerprint density at radius 1 is 1.11 bits per heavy atom. The average Bonchev–Trinajstić information content (AvgIpc) is 3.12. The Morgan fingerprint density at radius 3 is 2.50 bits per heavy atom. The number of carbonyl (C=O) groups excluding carboxylic acids is 2. The predicted octanol–water partition coefficient (Wildman–Crippen LogP) is 4.81. The molecule has 6 heteroatoms. The predicted molar refractivity (Wildman–Crippen MR) is 113 cm³/mol. The highest BCUT2D eigenvalue weighted by Crippen LogP contribution is 2.27. The van der Waals surface area contributed by atoms with Crippen LogP contribution in [0.1, 0.15) is 35.3 Å². The molecule has 0 spiro atoms. The van der Waals surface area contributed by atoms with Crippen LogP contribution in [-0.4, -0.2) is 26.5 Å². The first-order valence-electron chi connectivity index (χ1n) is 9.05. The maximum atomic E-state index is 12.6. The molecular formula is C22H23N3O2S. The van der Waals surface area contributed by atoms with Gasteiger partial charge in [-0.05, 0) is 69.2 Å². The van der Waals surface area contributed by atoms with Crippen LogP contribution in [0.25, 0.3) is 5.69 Å². The summed E-state index contributed by atoms with van der Waals surface area (Å²) in [5.41, 5.74) is 4.75. The first-order chi connectivity index (χ1) is 13.4. The van der Waals surface area contributed by atoms with Crippen molar-refractivity contribution in [3.63, 3.8) is 0 Å². The number of rotatable bonds is 6. The van der Waals surface area contributed by atoms with Crippen LogP contribution in [-0.2, 0) is 4.79 Å². The van der Waals surface area contributed by atoms with E-state index in [2.05, 4.69) is 36.3 Å². The fourth-order valence-electron chi connectivity index (χ4n) is 2.80. The highest BCUT2D eigenvalue weighted by atomic mass is 32.2. The molecule has 3 aromatic rings. The molecule has 0 aliphatic heterocycles. The van der Waals surface area contributed by atoms with Gasteiger partial charge in [0, 0.05) is 23.6 Å². The smallest absolute Gasteiger partial charge is 0.237 e. The van der Waals surface area contributed by atoms with Crippen LogP contribution in [0.3, 0.4) is 0 Å². The van der Waals surface area contributed by atoms with Gasteiger partial charge >= 0.3 is 0 Å². The molecule has 0 fully saturated rings. The molecule has 144 valence electrons. The molecule has 0 aliphatic rings. The number of hydrogen-bond donors (Lipinski definition) is 1. The third kappa shape index (κ3) is 4.34. The van der Waals surface area contributed by atoms with Crippen molar-refractivity contribution in [1.29, 1.82) is 0 Å². The van der Waals surface area contributed by atoms with Gasteiger partial charge in [-0.25, -0.2) is 4.98 Å². The first-order valence-corrected chi connectivity index (χ1v) is 9.93. The number of aryl methyl sites for hydroxylation is 1. The number of nitrogens with zero attached hydrogens (tertiary/aromatic N) is 2. The maximum Gasteiger partial charge on any atom is 0.237 e. The number of aromatic nitrogens is 2. The van der Waals surface area contributed by atoms with Gasteiger partial charge in [-0.15, -0.1) is 0 Å². The largest absolute Gasteiger partial charge is 0.325 e. The van der Waals surface area contributed by atoms with E-state index in [4.69, 9.17) is 0 Å². The van der Waals surface area contributed by atoms with E-state index in [1.54, 1.807) is 30.5 Å². The molecule has 0 saturated carbocycles. The molecule has 1 amide bonds. The van der Waals surface area contributed by atoms with Gasteiger partial charge in [-0.2, -0.15) is 0 Å². The Bertz CT molecular complexity index is 1010. The Morgan fingerprint density at radius 2 is 1.82 bits per heavy atom. The summed E-state index contributed by atoms with van der Waals surface area (Å²) < 4.78 is 2.01. The molecule has 1 atom stereocenters. The topological polar surface area (TPSA) is 64.0 Å². The number of thioether (sulfide) groups is 1. The van der Waals surface area contributed by atoms with E-state index in [9.17, 15) is 9.59 Å². The van der Waals surface area contributed by atoms with Gasteiger partial charge in [0.1, 0.15) is 0 Å². The monoisotopic (exact) mass is 393 g/mol. The van der Waals surface area contributed by atoms with Crippen molar-refractivity contribution in [2.45, 2.75) is 38.1 Å². The van der Waals surface area contributed by atoms with E-state index in [0.29, 0.717) is 11.3 Å². The van der Waals surface area contributed by atoms with Crippen molar-refractivity contribution in [3.05, 3.63) is 71.5 Å². The number of benzene rings is 2. The lowest BCUT2D eigenvalue weighted by Gasteiger charge is -2.15. The van der Waals surface area contributed by atoms with Gasteiger partial charge in [0.25, 0.3) is 0 Å². The lowest BCUT2D eigenvalue weighted by atomic mass is 10.1. The normalized spacial score (nSPS) is 11.9. The van der Waals surface area contributed by atoms with Crippen LogP contribution < -0.4 is 5.32 Å². The zero-order valence-corrected chi connectivity index (χ0v) is 17.2. The van der Waals surface area contributed by atoms with Crippen LogP contribution in [0.2, 0.25) is 0 Å². The minimum Gasteiger partial charge on any atom is -0.325 e. The number of hydrogen-bond acceptors (Lipinski definition) is 4. The fourth-order valence-corrected chi connectivity index (χ4v) is 3.68. The molecule has 0 aliphatic carbocycles. The van der Waals surface area contributed by atoms with Crippen molar-refractivity contribution >= 4 is 29.1 Å². The van der Waals surface area contributed by atoms with Crippen LogP contribution >= 0.6 is 11.8 Å². The summed E-state index contributed by atoms with van der Waals surface area (Å²) >= 11 is 1.41. The van der Waals surface area contributed by atoms with Crippen LogP contribution in [0.15, 0.2) is 60.0 Å².